The summed E-state index contributed by atoms with van der Waals surface area (Å²) in [7, 11) is 0. The smallest absolute Gasteiger partial charge is 0.227 e. The Morgan fingerprint density at radius 2 is 1.93 bits per heavy atom. The highest BCUT2D eigenvalue weighted by Gasteiger charge is 2.26. The van der Waals surface area contributed by atoms with Crippen LogP contribution in [0.15, 0.2) is 36.5 Å². The predicted molar refractivity (Wildman–Crippen MR) is 110 cm³/mol. The molecule has 1 amide bonds. The Bertz CT molecular complexity index is 807. The minimum atomic E-state index is -0.0776. The summed E-state index contributed by atoms with van der Waals surface area (Å²) in [6.07, 6.45) is 3.13. The van der Waals surface area contributed by atoms with Crippen LogP contribution in [0.5, 0.6) is 5.75 Å². The van der Waals surface area contributed by atoms with E-state index in [1.165, 1.54) is 0 Å². The molecule has 1 aromatic heterocycles. The SMILES string of the molecule is CC(C)(C)c1ccc(O)c(NC(=O)C2CCN(c3ccc(Cl)cn3)CC2)c1. The molecule has 0 radical (unpaired) electrons. The molecular formula is C21H26ClN3O2. The van der Waals surface area contributed by atoms with Crippen molar-refractivity contribution in [2.45, 2.75) is 39.0 Å². The first-order chi connectivity index (χ1) is 12.7. The van der Waals surface area contributed by atoms with Crippen LogP contribution < -0.4 is 10.2 Å². The van der Waals surface area contributed by atoms with E-state index in [1.54, 1.807) is 12.3 Å². The van der Waals surface area contributed by atoms with Crippen LogP contribution in [0, 0.1) is 5.92 Å². The number of amides is 1. The van der Waals surface area contributed by atoms with Crippen LogP contribution in [0.3, 0.4) is 0 Å². The zero-order valence-corrected chi connectivity index (χ0v) is 16.8. The standard InChI is InChI=1S/C21H26ClN3O2/c1-21(2,3)15-4-6-18(26)17(12-15)24-20(27)14-8-10-25(11-9-14)19-7-5-16(22)13-23-19/h4-7,12-14,26H,8-11H2,1-3H3,(H,24,27). The third-order valence-electron chi connectivity index (χ3n) is 5.02. The fourth-order valence-corrected chi connectivity index (χ4v) is 3.38. The minimum Gasteiger partial charge on any atom is -0.506 e. The number of aromatic hydroxyl groups is 1. The largest absolute Gasteiger partial charge is 0.506 e. The molecule has 0 spiro atoms. The Hall–Kier alpha value is -2.27. The molecule has 0 bridgehead atoms. The van der Waals surface area contributed by atoms with E-state index in [0.29, 0.717) is 10.7 Å². The molecule has 0 aliphatic carbocycles. The quantitative estimate of drug-likeness (QED) is 0.756. The maximum Gasteiger partial charge on any atom is 0.227 e. The minimum absolute atomic E-state index is 0.0416. The average molecular weight is 388 g/mol. The number of pyridine rings is 1. The highest BCUT2D eigenvalue weighted by molar-refractivity contribution is 6.30. The van der Waals surface area contributed by atoms with Crippen molar-refractivity contribution in [1.29, 1.82) is 0 Å². The molecule has 1 saturated heterocycles. The van der Waals surface area contributed by atoms with Gasteiger partial charge >= 0.3 is 0 Å². The van der Waals surface area contributed by atoms with Crippen molar-refractivity contribution >= 4 is 29.0 Å². The number of aromatic nitrogens is 1. The molecule has 3 rings (SSSR count). The monoisotopic (exact) mass is 387 g/mol. The summed E-state index contributed by atoms with van der Waals surface area (Å²) >= 11 is 5.89. The highest BCUT2D eigenvalue weighted by atomic mass is 35.5. The maximum atomic E-state index is 12.7. The molecule has 0 atom stereocenters. The van der Waals surface area contributed by atoms with Crippen LogP contribution in [-0.4, -0.2) is 29.1 Å². The summed E-state index contributed by atoms with van der Waals surface area (Å²) in [5.74, 6) is 0.860. The van der Waals surface area contributed by atoms with Gasteiger partial charge in [0.1, 0.15) is 11.6 Å². The van der Waals surface area contributed by atoms with Gasteiger partial charge in [-0.05, 0) is 48.1 Å². The molecule has 1 aromatic carbocycles. The van der Waals surface area contributed by atoms with E-state index in [1.807, 2.05) is 24.3 Å². The number of halogens is 1. The van der Waals surface area contributed by atoms with E-state index in [9.17, 15) is 9.90 Å². The van der Waals surface area contributed by atoms with Gasteiger partial charge in [-0.15, -0.1) is 0 Å². The molecule has 5 nitrogen and oxygen atoms in total. The van der Waals surface area contributed by atoms with Gasteiger partial charge in [0.25, 0.3) is 0 Å². The van der Waals surface area contributed by atoms with E-state index in [-0.39, 0.29) is 23.0 Å². The first kappa shape index (κ1) is 19.5. The normalized spacial score (nSPS) is 15.6. The Morgan fingerprint density at radius 3 is 2.52 bits per heavy atom. The summed E-state index contributed by atoms with van der Waals surface area (Å²) in [6, 6.07) is 9.13. The molecule has 2 N–H and O–H groups in total. The number of carbonyl (C=O) groups excluding carboxylic acids is 1. The second kappa shape index (κ2) is 7.77. The Labute approximate surface area is 165 Å². The van der Waals surface area contributed by atoms with E-state index >= 15 is 0 Å². The Balaban J connectivity index is 1.62. The molecule has 27 heavy (non-hydrogen) atoms. The number of phenols is 1. The zero-order valence-electron chi connectivity index (χ0n) is 16.0. The van der Waals surface area contributed by atoms with E-state index in [0.717, 1.165) is 37.3 Å². The van der Waals surface area contributed by atoms with Crippen molar-refractivity contribution in [2.75, 3.05) is 23.3 Å². The van der Waals surface area contributed by atoms with Crippen LogP contribution in [0.4, 0.5) is 11.5 Å². The van der Waals surface area contributed by atoms with Crippen molar-refractivity contribution in [2.24, 2.45) is 5.92 Å². The molecule has 0 saturated carbocycles. The fraction of sp³-hybridized carbons (Fsp3) is 0.429. The number of phenolic OH excluding ortho intramolecular Hbond substituents is 1. The molecule has 1 aliphatic heterocycles. The number of anilines is 2. The lowest BCUT2D eigenvalue weighted by Gasteiger charge is -2.32. The van der Waals surface area contributed by atoms with Crippen molar-refractivity contribution in [1.82, 2.24) is 4.98 Å². The highest BCUT2D eigenvalue weighted by Crippen LogP contribution is 2.32. The molecule has 1 aliphatic rings. The summed E-state index contributed by atoms with van der Waals surface area (Å²) in [5, 5.41) is 13.6. The van der Waals surface area contributed by atoms with Gasteiger partial charge < -0.3 is 15.3 Å². The molecule has 0 unspecified atom stereocenters. The van der Waals surface area contributed by atoms with Crippen LogP contribution in [0.25, 0.3) is 0 Å². The number of nitrogens with one attached hydrogen (secondary N) is 1. The average Bonchev–Trinajstić information content (AvgIpc) is 2.63. The van der Waals surface area contributed by atoms with Crippen LogP contribution in [0.2, 0.25) is 5.02 Å². The lowest BCUT2D eigenvalue weighted by atomic mass is 9.86. The van der Waals surface area contributed by atoms with Crippen molar-refractivity contribution in [3.05, 3.63) is 47.1 Å². The lowest BCUT2D eigenvalue weighted by molar-refractivity contribution is -0.120. The number of rotatable bonds is 3. The third-order valence-corrected chi connectivity index (χ3v) is 5.25. The van der Waals surface area contributed by atoms with Gasteiger partial charge in [-0.3, -0.25) is 4.79 Å². The van der Waals surface area contributed by atoms with Gasteiger partial charge in [-0.1, -0.05) is 38.4 Å². The Morgan fingerprint density at radius 1 is 1.22 bits per heavy atom. The summed E-state index contributed by atoms with van der Waals surface area (Å²) < 4.78 is 0. The molecule has 2 aromatic rings. The Kier molecular flexibility index (Phi) is 5.61. The van der Waals surface area contributed by atoms with Crippen LogP contribution in [-0.2, 0) is 10.2 Å². The lowest BCUT2D eigenvalue weighted by Crippen LogP contribution is -2.38. The van der Waals surface area contributed by atoms with Crippen molar-refractivity contribution < 1.29 is 9.90 Å². The first-order valence-corrected chi connectivity index (χ1v) is 9.63. The van der Waals surface area contributed by atoms with Crippen molar-refractivity contribution in [3.8, 4) is 5.75 Å². The van der Waals surface area contributed by atoms with E-state index < -0.39 is 0 Å². The zero-order chi connectivity index (χ0) is 19.6. The van der Waals surface area contributed by atoms with E-state index in [4.69, 9.17) is 11.6 Å². The number of piperidine rings is 1. The predicted octanol–water partition coefficient (Wildman–Crippen LogP) is 4.59. The van der Waals surface area contributed by atoms with Gasteiger partial charge in [0, 0.05) is 25.2 Å². The second-order valence-electron chi connectivity index (χ2n) is 8.07. The molecule has 2 heterocycles. The molecule has 1 fully saturated rings. The van der Waals surface area contributed by atoms with Gasteiger partial charge in [-0.25, -0.2) is 4.98 Å². The topological polar surface area (TPSA) is 65.5 Å². The first-order valence-electron chi connectivity index (χ1n) is 9.25. The van der Waals surface area contributed by atoms with Gasteiger partial charge in [0.05, 0.1) is 10.7 Å². The van der Waals surface area contributed by atoms with Crippen LogP contribution >= 0.6 is 11.6 Å². The van der Waals surface area contributed by atoms with Gasteiger partial charge in [0.2, 0.25) is 5.91 Å². The maximum absolute atomic E-state index is 12.7. The van der Waals surface area contributed by atoms with E-state index in [2.05, 4.69) is 36.0 Å². The molecule has 6 heteroatoms. The number of carbonyl (C=O) groups is 1. The number of hydrogen-bond acceptors (Lipinski definition) is 4. The molecular weight excluding hydrogens is 362 g/mol. The van der Waals surface area contributed by atoms with Crippen LogP contribution in [0.1, 0.15) is 39.2 Å². The number of hydrogen-bond donors (Lipinski definition) is 2. The molecule has 144 valence electrons. The fourth-order valence-electron chi connectivity index (χ4n) is 3.26. The van der Waals surface area contributed by atoms with Crippen molar-refractivity contribution in [3.63, 3.8) is 0 Å². The third kappa shape index (κ3) is 4.72. The summed E-state index contributed by atoms with van der Waals surface area (Å²) in [5.41, 5.74) is 1.50. The number of benzene rings is 1. The van der Waals surface area contributed by atoms with Gasteiger partial charge in [-0.2, -0.15) is 0 Å². The summed E-state index contributed by atoms with van der Waals surface area (Å²) in [4.78, 5) is 19.2. The number of nitrogens with zero attached hydrogens (tertiary/aromatic N) is 2. The second-order valence-corrected chi connectivity index (χ2v) is 8.50. The van der Waals surface area contributed by atoms with Gasteiger partial charge in [0.15, 0.2) is 0 Å². The summed E-state index contributed by atoms with van der Waals surface area (Å²) in [6.45, 7) is 7.84.